The number of hydrogen-bond acceptors (Lipinski definition) is 5. The third-order valence-electron chi connectivity index (χ3n) is 3.75. The summed E-state index contributed by atoms with van der Waals surface area (Å²) in [7, 11) is 0. The molecule has 0 saturated carbocycles. The average Bonchev–Trinajstić information content (AvgIpc) is 2.94. The molecule has 0 spiro atoms. The number of amides is 1. The van der Waals surface area contributed by atoms with Crippen LogP contribution in [-0.4, -0.2) is 45.7 Å². The van der Waals surface area contributed by atoms with Gasteiger partial charge in [0.25, 0.3) is 0 Å². The van der Waals surface area contributed by atoms with Crippen LogP contribution < -0.4 is 5.32 Å². The van der Waals surface area contributed by atoms with Crippen LogP contribution in [0.3, 0.4) is 0 Å². The lowest BCUT2D eigenvalue weighted by molar-refractivity contribution is -0.148. The predicted molar refractivity (Wildman–Crippen MR) is 71.3 cm³/mol. The number of carbonyl (C=O) groups is 2. The summed E-state index contributed by atoms with van der Waals surface area (Å²) < 4.78 is 4.86. The molecule has 1 saturated heterocycles. The van der Waals surface area contributed by atoms with E-state index in [0.717, 1.165) is 6.42 Å². The van der Waals surface area contributed by atoms with Crippen LogP contribution in [0.25, 0.3) is 0 Å². The maximum Gasteiger partial charge on any atom is 0.323 e. The number of aryl methyl sites for hydroxylation is 1. The van der Waals surface area contributed by atoms with Gasteiger partial charge in [0.05, 0.1) is 0 Å². The van der Waals surface area contributed by atoms with Gasteiger partial charge in [0.2, 0.25) is 5.91 Å². The van der Waals surface area contributed by atoms with Crippen molar-refractivity contribution in [3.63, 3.8) is 0 Å². The molecule has 2 heterocycles. The van der Waals surface area contributed by atoms with Gasteiger partial charge in [-0.2, -0.15) is 0 Å². The number of aliphatic carboxylic acids is 1. The molecule has 110 valence electrons. The summed E-state index contributed by atoms with van der Waals surface area (Å²) in [5.74, 6) is -0.0197. The minimum Gasteiger partial charge on any atom is -0.480 e. The van der Waals surface area contributed by atoms with E-state index in [1.165, 1.54) is 0 Å². The third-order valence-corrected chi connectivity index (χ3v) is 3.75. The molecule has 20 heavy (non-hydrogen) atoms. The number of nitrogens with zero attached hydrogens (tertiary/aromatic N) is 2. The summed E-state index contributed by atoms with van der Waals surface area (Å²) in [5, 5.41) is 15.6. The first-order chi connectivity index (χ1) is 9.41. The molecule has 1 amide bonds. The van der Waals surface area contributed by atoms with Gasteiger partial charge in [-0.3, -0.25) is 14.5 Å². The fourth-order valence-corrected chi connectivity index (χ4v) is 2.49. The topological polar surface area (TPSA) is 95.7 Å². The molecule has 0 bridgehead atoms. The van der Waals surface area contributed by atoms with E-state index in [1.807, 2.05) is 4.90 Å². The van der Waals surface area contributed by atoms with Crippen LogP contribution >= 0.6 is 0 Å². The Balaban J connectivity index is 1.85. The van der Waals surface area contributed by atoms with Crippen LogP contribution in [0.15, 0.2) is 10.6 Å². The molecule has 1 aliphatic heterocycles. The van der Waals surface area contributed by atoms with Crippen LogP contribution in [0, 0.1) is 6.92 Å². The van der Waals surface area contributed by atoms with Crippen molar-refractivity contribution >= 4 is 17.7 Å². The van der Waals surface area contributed by atoms with Gasteiger partial charge in [-0.25, -0.2) is 0 Å². The molecule has 2 rings (SSSR count). The van der Waals surface area contributed by atoms with E-state index in [0.29, 0.717) is 31.1 Å². The van der Waals surface area contributed by atoms with Gasteiger partial charge < -0.3 is 14.9 Å². The molecule has 0 aromatic carbocycles. The zero-order valence-corrected chi connectivity index (χ0v) is 11.7. The quantitative estimate of drug-likeness (QED) is 0.843. The van der Waals surface area contributed by atoms with Gasteiger partial charge in [-0.1, -0.05) is 5.16 Å². The minimum atomic E-state index is -0.856. The van der Waals surface area contributed by atoms with E-state index in [2.05, 4.69) is 10.5 Å². The van der Waals surface area contributed by atoms with Gasteiger partial charge in [0.15, 0.2) is 5.82 Å². The molecule has 1 fully saturated rings. The number of rotatable bonds is 5. The molecule has 1 aliphatic rings. The highest BCUT2D eigenvalue weighted by atomic mass is 16.5. The maximum absolute atomic E-state index is 11.8. The summed E-state index contributed by atoms with van der Waals surface area (Å²) in [6, 6.07) is 1.63. The average molecular weight is 281 g/mol. The van der Waals surface area contributed by atoms with E-state index in [4.69, 9.17) is 4.52 Å². The van der Waals surface area contributed by atoms with Crippen LogP contribution in [0.4, 0.5) is 5.82 Å². The molecular formula is C13H19N3O4. The monoisotopic (exact) mass is 281 g/mol. The van der Waals surface area contributed by atoms with Gasteiger partial charge in [0.1, 0.15) is 11.3 Å². The highest BCUT2D eigenvalue weighted by Gasteiger charge is 2.43. The van der Waals surface area contributed by atoms with Crippen molar-refractivity contribution in [1.82, 2.24) is 10.1 Å². The first-order valence-electron chi connectivity index (χ1n) is 6.63. The zero-order chi connectivity index (χ0) is 14.8. The van der Waals surface area contributed by atoms with Gasteiger partial charge in [-0.15, -0.1) is 0 Å². The lowest BCUT2D eigenvalue weighted by Gasteiger charge is -2.30. The lowest BCUT2D eigenvalue weighted by atomic mass is 9.99. The molecule has 7 heteroatoms. The summed E-state index contributed by atoms with van der Waals surface area (Å²) >= 11 is 0. The smallest absolute Gasteiger partial charge is 0.323 e. The first-order valence-corrected chi connectivity index (χ1v) is 6.63. The Kier molecular flexibility index (Phi) is 4.08. The van der Waals surface area contributed by atoms with Gasteiger partial charge in [-0.05, 0) is 33.2 Å². The van der Waals surface area contributed by atoms with Crippen molar-refractivity contribution in [1.29, 1.82) is 0 Å². The number of carboxylic acids is 1. The lowest BCUT2D eigenvalue weighted by Crippen LogP contribution is -2.48. The molecule has 0 radical (unpaired) electrons. The van der Waals surface area contributed by atoms with E-state index in [-0.39, 0.29) is 12.3 Å². The Bertz CT molecular complexity index is 513. The van der Waals surface area contributed by atoms with Gasteiger partial charge in [0, 0.05) is 19.0 Å². The number of carboxylic acid groups (broad SMARTS) is 1. The van der Waals surface area contributed by atoms with Crippen molar-refractivity contribution in [2.24, 2.45) is 0 Å². The van der Waals surface area contributed by atoms with Crippen LogP contribution in [0.2, 0.25) is 0 Å². The van der Waals surface area contributed by atoms with E-state index < -0.39 is 11.5 Å². The number of hydrogen-bond donors (Lipinski definition) is 2. The summed E-state index contributed by atoms with van der Waals surface area (Å²) in [5.41, 5.74) is -0.856. The Labute approximate surface area is 116 Å². The predicted octanol–water partition coefficient (Wildman–Crippen LogP) is 1.25. The number of aromatic nitrogens is 1. The second-order valence-electron chi connectivity index (χ2n) is 5.29. The Hall–Kier alpha value is -1.89. The third kappa shape index (κ3) is 2.98. The molecule has 2 N–H and O–H groups in total. The van der Waals surface area contributed by atoms with Crippen molar-refractivity contribution < 1.29 is 19.2 Å². The fraction of sp³-hybridized carbons (Fsp3) is 0.615. The SMILES string of the molecule is Cc1cc(NC(=O)CCN2CCCC2(C)C(=O)O)no1. The molecular weight excluding hydrogens is 262 g/mol. The number of nitrogens with one attached hydrogen (secondary N) is 1. The van der Waals surface area contributed by atoms with E-state index in [1.54, 1.807) is 19.9 Å². The second-order valence-corrected chi connectivity index (χ2v) is 5.29. The minimum absolute atomic E-state index is 0.196. The molecule has 1 unspecified atom stereocenters. The molecule has 1 aromatic rings. The van der Waals surface area contributed by atoms with Crippen molar-refractivity contribution in [2.75, 3.05) is 18.4 Å². The standard InChI is InChI=1S/C13H19N3O4/c1-9-8-10(15-20-9)14-11(17)4-7-16-6-3-5-13(16,2)12(18)19/h8H,3-7H2,1-2H3,(H,18,19)(H,14,15,17). The highest BCUT2D eigenvalue weighted by molar-refractivity contribution is 5.89. The van der Waals surface area contributed by atoms with Crippen LogP contribution in [0.1, 0.15) is 31.9 Å². The fourth-order valence-electron chi connectivity index (χ4n) is 2.49. The number of anilines is 1. The maximum atomic E-state index is 11.8. The Morgan fingerprint density at radius 2 is 2.35 bits per heavy atom. The molecule has 1 atom stereocenters. The van der Waals surface area contributed by atoms with Crippen LogP contribution in [0.5, 0.6) is 0 Å². The normalized spacial score (nSPS) is 22.9. The van der Waals surface area contributed by atoms with E-state index in [9.17, 15) is 14.7 Å². The van der Waals surface area contributed by atoms with Crippen molar-refractivity contribution in [2.45, 2.75) is 38.6 Å². The Morgan fingerprint density at radius 1 is 1.60 bits per heavy atom. The number of carbonyl (C=O) groups excluding carboxylic acids is 1. The summed E-state index contributed by atoms with van der Waals surface area (Å²) in [4.78, 5) is 25.0. The summed E-state index contributed by atoms with van der Waals surface area (Å²) in [6.07, 6.45) is 1.69. The molecule has 0 aliphatic carbocycles. The van der Waals surface area contributed by atoms with Crippen LogP contribution in [-0.2, 0) is 9.59 Å². The zero-order valence-electron chi connectivity index (χ0n) is 11.7. The van der Waals surface area contributed by atoms with E-state index >= 15 is 0 Å². The molecule has 1 aromatic heterocycles. The van der Waals surface area contributed by atoms with Crippen molar-refractivity contribution in [3.05, 3.63) is 11.8 Å². The molecule has 7 nitrogen and oxygen atoms in total. The second kappa shape index (κ2) is 5.62. The summed E-state index contributed by atoms with van der Waals surface area (Å²) in [6.45, 7) is 4.58. The Morgan fingerprint density at radius 3 is 2.95 bits per heavy atom. The highest BCUT2D eigenvalue weighted by Crippen LogP contribution is 2.29. The van der Waals surface area contributed by atoms with Crippen molar-refractivity contribution in [3.8, 4) is 0 Å². The number of likely N-dealkylation sites (tertiary alicyclic amines) is 1. The largest absolute Gasteiger partial charge is 0.480 e. The van der Waals surface area contributed by atoms with Gasteiger partial charge >= 0.3 is 5.97 Å². The first kappa shape index (κ1) is 14.5.